The summed E-state index contributed by atoms with van der Waals surface area (Å²) in [4.78, 5) is 0. The van der Waals surface area contributed by atoms with E-state index in [4.69, 9.17) is 9.47 Å². The zero-order chi connectivity index (χ0) is 13.9. The van der Waals surface area contributed by atoms with Gasteiger partial charge < -0.3 is 14.6 Å². The smallest absolute Gasteiger partial charge is 0.125 e. The number of rotatable bonds is 5. The number of hydrogen-bond acceptors (Lipinski definition) is 3. The summed E-state index contributed by atoms with van der Waals surface area (Å²) >= 11 is 0. The first-order chi connectivity index (χ1) is 8.97. The minimum Gasteiger partial charge on any atom is -0.491 e. The standard InChI is InChI=1S/C16H24O3/c1-15(2)8-9-16(17,12-15)13-6-4-5-7-14(13)19-11-10-18-3/h4-7,17H,8-12H2,1-3H3. The molecule has 106 valence electrons. The van der Waals surface area contributed by atoms with Crippen LogP contribution in [-0.2, 0) is 10.3 Å². The van der Waals surface area contributed by atoms with Gasteiger partial charge in [-0.15, -0.1) is 0 Å². The van der Waals surface area contributed by atoms with Crippen molar-refractivity contribution in [2.24, 2.45) is 5.41 Å². The fraction of sp³-hybridized carbons (Fsp3) is 0.625. The lowest BCUT2D eigenvalue weighted by Crippen LogP contribution is -2.24. The van der Waals surface area contributed by atoms with Crippen LogP contribution >= 0.6 is 0 Å². The third kappa shape index (κ3) is 3.28. The molecule has 0 aromatic heterocycles. The van der Waals surface area contributed by atoms with Crippen LogP contribution in [-0.4, -0.2) is 25.4 Å². The van der Waals surface area contributed by atoms with E-state index in [1.807, 2.05) is 24.3 Å². The molecule has 0 aliphatic heterocycles. The Morgan fingerprint density at radius 3 is 2.53 bits per heavy atom. The molecular weight excluding hydrogens is 240 g/mol. The lowest BCUT2D eigenvalue weighted by atomic mass is 9.85. The van der Waals surface area contributed by atoms with Gasteiger partial charge in [0.05, 0.1) is 12.2 Å². The van der Waals surface area contributed by atoms with E-state index < -0.39 is 5.60 Å². The maximum atomic E-state index is 10.9. The first-order valence-electron chi connectivity index (χ1n) is 6.90. The van der Waals surface area contributed by atoms with Crippen molar-refractivity contribution in [2.45, 2.75) is 38.7 Å². The Kier molecular flexibility index (Phi) is 4.16. The number of ether oxygens (including phenoxy) is 2. The molecule has 1 atom stereocenters. The monoisotopic (exact) mass is 264 g/mol. The van der Waals surface area contributed by atoms with Crippen LogP contribution in [0, 0.1) is 5.41 Å². The quantitative estimate of drug-likeness (QED) is 0.830. The normalized spacial score (nSPS) is 25.5. The Bertz CT molecular complexity index is 428. The molecule has 2 rings (SSSR count). The third-order valence-corrected chi connectivity index (χ3v) is 3.92. The molecule has 1 aliphatic carbocycles. The van der Waals surface area contributed by atoms with Gasteiger partial charge >= 0.3 is 0 Å². The van der Waals surface area contributed by atoms with E-state index >= 15 is 0 Å². The van der Waals surface area contributed by atoms with Crippen LogP contribution in [0.5, 0.6) is 5.75 Å². The van der Waals surface area contributed by atoms with Crippen molar-refractivity contribution in [1.82, 2.24) is 0 Å². The molecule has 19 heavy (non-hydrogen) atoms. The van der Waals surface area contributed by atoms with Crippen molar-refractivity contribution in [3.63, 3.8) is 0 Å². The predicted molar refractivity (Wildman–Crippen MR) is 75.3 cm³/mol. The van der Waals surface area contributed by atoms with Gasteiger partial charge in [0.25, 0.3) is 0 Å². The lowest BCUT2D eigenvalue weighted by Gasteiger charge is -2.27. The highest BCUT2D eigenvalue weighted by Gasteiger charge is 2.44. The highest BCUT2D eigenvalue weighted by atomic mass is 16.5. The van der Waals surface area contributed by atoms with Crippen LogP contribution in [0.2, 0.25) is 0 Å². The molecule has 1 aromatic carbocycles. The zero-order valence-corrected chi connectivity index (χ0v) is 12.1. The number of aliphatic hydroxyl groups is 1. The van der Waals surface area contributed by atoms with Crippen LogP contribution in [0.25, 0.3) is 0 Å². The first-order valence-corrected chi connectivity index (χ1v) is 6.90. The molecule has 1 fully saturated rings. The summed E-state index contributed by atoms with van der Waals surface area (Å²) in [5.74, 6) is 0.778. The Morgan fingerprint density at radius 2 is 1.89 bits per heavy atom. The maximum Gasteiger partial charge on any atom is 0.125 e. The van der Waals surface area contributed by atoms with Crippen LogP contribution in [0.1, 0.15) is 38.7 Å². The number of benzene rings is 1. The number of hydrogen-bond donors (Lipinski definition) is 1. The molecule has 1 unspecified atom stereocenters. The van der Waals surface area contributed by atoms with E-state index in [-0.39, 0.29) is 5.41 Å². The van der Waals surface area contributed by atoms with E-state index in [1.54, 1.807) is 7.11 Å². The SMILES string of the molecule is COCCOc1ccccc1C1(O)CCC(C)(C)C1. The highest BCUT2D eigenvalue weighted by Crippen LogP contribution is 2.50. The van der Waals surface area contributed by atoms with E-state index in [0.717, 1.165) is 30.6 Å². The topological polar surface area (TPSA) is 38.7 Å². The summed E-state index contributed by atoms with van der Waals surface area (Å²) in [6.07, 6.45) is 2.62. The van der Waals surface area contributed by atoms with Crippen LogP contribution in [0.4, 0.5) is 0 Å². The number of para-hydroxylation sites is 1. The second-order valence-corrected chi connectivity index (χ2v) is 6.21. The van der Waals surface area contributed by atoms with E-state index in [9.17, 15) is 5.11 Å². The molecule has 0 amide bonds. The molecule has 1 N–H and O–H groups in total. The largest absolute Gasteiger partial charge is 0.491 e. The van der Waals surface area contributed by atoms with Gasteiger partial charge in [0, 0.05) is 12.7 Å². The summed E-state index contributed by atoms with van der Waals surface area (Å²) in [6.45, 7) is 5.48. The molecule has 1 saturated carbocycles. The van der Waals surface area contributed by atoms with Gasteiger partial charge in [-0.25, -0.2) is 0 Å². The lowest BCUT2D eigenvalue weighted by molar-refractivity contribution is 0.0301. The third-order valence-electron chi connectivity index (χ3n) is 3.92. The van der Waals surface area contributed by atoms with Crippen molar-refractivity contribution < 1.29 is 14.6 Å². The fourth-order valence-electron chi connectivity index (χ4n) is 2.96. The van der Waals surface area contributed by atoms with Gasteiger partial charge in [0.1, 0.15) is 12.4 Å². The van der Waals surface area contributed by atoms with Gasteiger partial charge in [-0.1, -0.05) is 32.0 Å². The molecule has 0 spiro atoms. The second-order valence-electron chi connectivity index (χ2n) is 6.21. The molecule has 0 bridgehead atoms. The van der Waals surface area contributed by atoms with Crippen LogP contribution < -0.4 is 4.74 Å². The highest BCUT2D eigenvalue weighted by molar-refractivity contribution is 5.39. The van der Waals surface area contributed by atoms with Crippen molar-refractivity contribution in [1.29, 1.82) is 0 Å². The van der Waals surface area contributed by atoms with Crippen LogP contribution in [0.3, 0.4) is 0 Å². The Morgan fingerprint density at radius 1 is 1.16 bits per heavy atom. The van der Waals surface area contributed by atoms with Gasteiger partial charge in [-0.2, -0.15) is 0 Å². The minimum absolute atomic E-state index is 0.189. The molecule has 0 heterocycles. The Balaban J connectivity index is 2.20. The van der Waals surface area contributed by atoms with Crippen LogP contribution in [0.15, 0.2) is 24.3 Å². The molecule has 1 aliphatic rings. The molecule has 3 nitrogen and oxygen atoms in total. The molecule has 3 heteroatoms. The van der Waals surface area contributed by atoms with Crippen molar-refractivity contribution in [3.05, 3.63) is 29.8 Å². The number of methoxy groups -OCH3 is 1. The predicted octanol–water partition coefficient (Wildman–Crippen LogP) is 3.11. The second kappa shape index (κ2) is 5.51. The average Bonchev–Trinajstić information content (AvgIpc) is 2.66. The Hall–Kier alpha value is -1.06. The van der Waals surface area contributed by atoms with E-state index in [1.165, 1.54) is 0 Å². The average molecular weight is 264 g/mol. The van der Waals surface area contributed by atoms with E-state index in [2.05, 4.69) is 13.8 Å². The molecular formula is C16H24O3. The van der Waals surface area contributed by atoms with Gasteiger partial charge in [0.15, 0.2) is 0 Å². The van der Waals surface area contributed by atoms with Crippen molar-refractivity contribution in [3.8, 4) is 5.75 Å². The summed E-state index contributed by atoms with van der Waals surface area (Å²) in [5, 5.41) is 10.9. The van der Waals surface area contributed by atoms with Gasteiger partial charge in [-0.3, -0.25) is 0 Å². The first kappa shape index (κ1) is 14.4. The minimum atomic E-state index is -0.757. The molecule has 1 aromatic rings. The maximum absolute atomic E-state index is 10.9. The fourth-order valence-corrected chi connectivity index (χ4v) is 2.96. The zero-order valence-electron chi connectivity index (χ0n) is 12.1. The van der Waals surface area contributed by atoms with Crippen molar-refractivity contribution in [2.75, 3.05) is 20.3 Å². The Labute approximate surface area is 115 Å². The van der Waals surface area contributed by atoms with E-state index in [0.29, 0.717) is 13.2 Å². The summed E-state index contributed by atoms with van der Waals surface area (Å²) in [5.41, 5.74) is 0.346. The summed E-state index contributed by atoms with van der Waals surface area (Å²) < 4.78 is 10.7. The molecule has 0 radical (unpaired) electrons. The van der Waals surface area contributed by atoms with Gasteiger partial charge in [0.2, 0.25) is 0 Å². The summed E-state index contributed by atoms with van der Waals surface area (Å²) in [6, 6.07) is 7.80. The van der Waals surface area contributed by atoms with Gasteiger partial charge in [-0.05, 0) is 30.7 Å². The summed E-state index contributed by atoms with van der Waals surface area (Å²) in [7, 11) is 1.66. The van der Waals surface area contributed by atoms with Crippen molar-refractivity contribution >= 4 is 0 Å². The molecule has 0 saturated heterocycles.